The van der Waals surface area contributed by atoms with Crippen LogP contribution in [0, 0.1) is 0 Å². The lowest BCUT2D eigenvalue weighted by atomic mass is 9.97. The van der Waals surface area contributed by atoms with Crippen LogP contribution < -0.4 is 5.73 Å². The molecule has 2 atom stereocenters. The van der Waals surface area contributed by atoms with Gasteiger partial charge in [0.15, 0.2) is 0 Å². The number of benzene rings is 1. The summed E-state index contributed by atoms with van der Waals surface area (Å²) in [7, 11) is 0. The number of nitrogens with two attached hydrogens (primary N) is 1. The van der Waals surface area contributed by atoms with Crippen LogP contribution in [0.4, 0.5) is 5.82 Å². The average Bonchev–Trinajstić information content (AvgIpc) is 3.40. The summed E-state index contributed by atoms with van der Waals surface area (Å²) < 4.78 is 2.25. The molecular weight excluding hydrogens is 413 g/mol. The molecule has 3 heterocycles. The Morgan fingerprint density at radius 2 is 1.89 bits per heavy atom. The summed E-state index contributed by atoms with van der Waals surface area (Å²) in [5.41, 5.74) is 9.28. The normalized spacial score (nSPS) is 19.5. The van der Waals surface area contributed by atoms with Crippen LogP contribution in [0.2, 0.25) is 10.0 Å². The van der Waals surface area contributed by atoms with Gasteiger partial charge in [0.1, 0.15) is 22.8 Å². The molecule has 1 aromatic carbocycles. The molecule has 1 aliphatic rings. The second-order valence-electron chi connectivity index (χ2n) is 7.11. The lowest BCUT2D eigenvalue weighted by Crippen LogP contribution is -2.05. The number of hydrogen-bond donors (Lipinski definition) is 1. The van der Waals surface area contributed by atoms with E-state index in [0.717, 1.165) is 40.9 Å². The predicted octanol–water partition coefficient (Wildman–Crippen LogP) is 5.95. The molecule has 0 radical (unpaired) electrons. The average molecular weight is 430 g/mol. The minimum absolute atomic E-state index is 0.327. The fraction of sp³-hybridized carbons (Fsp3) is 0.250. The Balaban J connectivity index is 1.55. The molecule has 3 aromatic heterocycles. The van der Waals surface area contributed by atoms with E-state index in [9.17, 15) is 0 Å². The minimum Gasteiger partial charge on any atom is -0.383 e. The summed E-state index contributed by atoms with van der Waals surface area (Å²) >= 11 is 14.0. The molecule has 2 N–H and O–H groups in total. The summed E-state index contributed by atoms with van der Waals surface area (Å²) in [6, 6.07) is 6.15. The number of anilines is 1. The van der Waals surface area contributed by atoms with E-state index in [-0.39, 0.29) is 0 Å². The molecule has 0 bridgehead atoms. The second kappa shape index (κ2) is 7.03. The van der Waals surface area contributed by atoms with Gasteiger partial charge in [-0.15, -0.1) is 11.3 Å². The highest BCUT2D eigenvalue weighted by molar-refractivity contribution is 7.13. The van der Waals surface area contributed by atoms with Gasteiger partial charge in [0, 0.05) is 39.4 Å². The molecule has 5 rings (SSSR count). The number of rotatable bonds is 3. The monoisotopic (exact) mass is 429 g/mol. The van der Waals surface area contributed by atoms with Crippen LogP contribution in [0.1, 0.15) is 36.8 Å². The molecule has 0 aliphatic heterocycles. The van der Waals surface area contributed by atoms with E-state index in [1.54, 1.807) is 23.6 Å². The van der Waals surface area contributed by atoms with Crippen molar-refractivity contribution in [2.24, 2.45) is 0 Å². The third-order valence-electron chi connectivity index (χ3n) is 5.46. The summed E-state index contributed by atoms with van der Waals surface area (Å²) in [4.78, 5) is 13.2. The van der Waals surface area contributed by atoms with Crippen molar-refractivity contribution in [3.63, 3.8) is 0 Å². The van der Waals surface area contributed by atoms with Crippen LogP contribution >= 0.6 is 34.5 Å². The largest absolute Gasteiger partial charge is 0.383 e. The van der Waals surface area contributed by atoms with Crippen molar-refractivity contribution in [3.05, 3.63) is 57.9 Å². The molecule has 28 heavy (non-hydrogen) atoms. The second-order valence-corrected chi connectivity index (χ2v) is 8.88. The van der Waals surface area contributed by atoms with Gasteiger partial charge in [-0.1, -0.05) is 23.2 Å². The first-order chi connectivity index (χ1) is 13.6. The molecule has 0 amide bonds. The van der Waals surface area contributed by atoms with Crippen molar-refractivity contribution >= 4 is 51.4 Å². The van der Waals surface area contributed by atoms with Gasteiger partial charge in [-0.2, -0.15) is 0 Å². The number of nitrogens with zero attached hydrogens (tertiary/aromatic N) is 4. The molecular formula is C20H17Cl2N5S. The fourth-order valence-corrected chi connectivity index (χ4v) is 5.43. The summed E-state index contributed by atoms with van der Waals surface area (Å²) in [6.45, 7) is 0. The highest BCUT2D eigenvalue weighted by Crippen LogP contribution is 2.45. The SMILES string of the molecule is Nc1ncnc2c1c(-c1nccs1)cn2C1CCC(c2cc(Cl)cc(Cl)c2)C1. The molecule has 4 aromatic rings. The standard InChI is InChI=1S/C20H17Cl2N5S/c21-13-5-12(6-14(22)8-13)11-1-2-15(7-11)27-9-16(20-24-3-4-28-20)17-18(23)25-10-26-19(17)27/h3-6,8-11,15H,1-2,7H2,(H2,23,25,26). The fourth-order valence-electron chi connectivity index (χ4n) is 4.23. The molecule has 0 saturated heterocycles. The zero-order valence-electron chi connectivity index (χ0n) is 14.8. The number of hydrogen-bond acceptors (Lipinski definition) is 5. The Hall–Kier alpha value is -2.15. The number of fused-ring (bicyclic) bond motifs is 1. The molecule has 5 nitrogen and oxygen atoms in total. The summed E-state index contributed by atoms with van der Waals surface area (Å²) in [6.07, 6.45) is 8.60. The van der Waals surface area contributed by atoms with Gasteiger partial charge < -0.3 is 10.3 Å². The van der Waals surface area contributed by atoms with Crippen molar-refractivity contribution in [2.45, 2.75) is 31.2 Å². The predicted molar refractivity (Wildman–Crippen MR) is 115 cm³/mol. The van der Waals surface area contributed by atoms with Gasteiger partial charge in [-0.25, -0.2) is 15.0 Å². The van der Waals surface area contributed by atoms with Gasteiger partial charge in [0.05, 0.1) is 5.39 Å². The number of nitrogen functional groups attached to an aromatic ring is 1. The molecule has 2 unspecified atom stereocenters. The van der Waals surface area contributed by atoms with E-state index in [4.69, 9.17) is 28.9 Å². The molecule has 1 saturated carbocycles. The van der Waals surface area contributed by atoms with Crippen LogP contribution in [-0.2, 0) is 0 Å². The molecule has 8 heteroatoms. The molecule has 1 fully saturated rings. The molecule has 1 aliphatic carbocycles. The lowest BCUT2D eigenvalue weighted by molar-refractivity contribution is 0.524. The lowest BCUT2D eigenvalue weighted by Gasteiger charge is -2.15. The quantitative estimate of drug-likeness (QED) is 0.436. The van der Waals surface area contributed by atoms with Gasteiger partial charge >= 0.3 is 0 Å². The zero-order valence-corrected chi connectivity index (χ0v) is 17.2. The van der Waals surface area contributed by atoms with Crippen LogP contribution in [0.3, 0.4) is 0 Å². The van der Waals surface area contributed by atoms with Gasteiger partial charge in [0.25, 0.3) is 0 Å². The van der Waals surface area contributed by atoms with E-state index >= 15 is 0 Å². The van der Waals surface area contributed by atoms with Crippen LogP contribution in [0.5, 0.6) is 0 Å². The van der Waals surface area contributed by atoms with Crippen LogP contribution in [0.15, 0.2) is 42.3 Å². The third kappa shape index (κ3) is 3.05. The van der Waals surface area contributed by atoms with Crippen molar-refractivity contribution < 1.29 is 0 Å². The summed E-state index contributed by atoms with van der Waals surface area (Å²) in [5.74, 6) is 0.909. The van der Waals surface area contributed by atoms with Gasteiger partial charge in [-0.3, -0.25) is 0 Å². The first-order valence-corrected chi connectivity index (χ1v) is 10.7. The Kier molecular flexibility index (Phi) is 4.50. The van der Waals surface area contributed by atoms with Crippen LogP contribution in [-0.4, -0.2) is 19.5 Å². The Morgan fingerprint density at radius 1 is 1.07 bits per heavy atom. The number of thiazole rings is 1. The highest BCUT2D eigenvalue weighted by Gasteiger charge is 2.30. The summed E-state index contributed by atoms with van der Waals surface area (Å²) in [5, 5.41) is 5.15. The maximum absolute atomic E-state index is 6.21. The first-order valence-electron chi connectivity index (χ1n) is 9.07. The maximum Gasteiger partial charge on any atom is 0.146 e. The van der Waals surface area contributed by atoms with E-state index in [1.807, 2.05) is 17.5 Å². The number of halogens is 2. The van der Waals surface area contributed by atoms with E-state index in [2.05, 4.69) is 25.7 Å². The number of aromatic nitrogens is 4. The van der Waals surface area contributed by atoms with Gasteiger partial charge in [0.2, 0.25) is 0 Å². The Bertz CT molecular complexity index is 1130. The van der Waals surface area contributed by atoms with E-state index in [1.165, 1.54) is 11.9 Å². The Labute approximate surface area is 176 Å². The van der Waals surface area contributed by atoms with Crippen molar-refractivity contribution in [3.8, 4) is 10.6 Å². The molecule has 0 spiro atoms. The topological polar surface area (TPSA) is 69.6 Å². The minimum atomic E-state index is 0.327. The maximum atomic E-state index is 6.21. The van der Waals surface area contributed by atoms with E-state index < -0.39 is 0 Å². The van der Waals surface area contributed by atoms with Crippen molar-refractivity contribution in [1.29, 1.82) is 0 Å². The Morgan fingerprint density at radius 3 is 2.64 bits per heavy atom. The zero-order chi connectivity index (χ0) is 19.3. The van der Waals surface area contributed by atoms with Gasteiger partial charge in [-0.05, 0) is 48.9 Å². The highest BCUT2D eigenvalue weighted by atomic mass is 35.5. The smallest absolute Gasteiger partial charge is 0.146 e. The van der Waals surface area contributed by atoms with Crippen molar-refractivity contribution in [1.82, 2.24) is 19.5 Å². The first kappa shape index (κ1) is 17.9. The van der Waals surface area contributed by atoms with E-state index in [0.29, 0.717) is 27.8 Å². The third-order valence-corrected chi connectivity index (χ3v) is 6.70. The molecule has 142 valence electrons. The van der Waals surface area contributed by atoms with Crippen molar-refractivity contribution in [2.75, 3.05) is 5.73 Å². The van der Waals surface area contributed by atoms with Crippen LogP contribution in [0.25, 0.3) is 21.6 Å².